The highest BCUT2D eigenvalue weighted by atomic mass is 32.1. The van der Waals surface area contributed by atoms with E-state index in [0.717, 1.165) is 0 Å². The first kappa shape index (κ1) is 20.3. The Kier molecular flexibility index (Phi) is 6.40. The Morgan fingerprint density at radius 2 is 1.93 bits per heavy atom. The maximum atomic E-state index is 12.6. The van der Waals surface area contributed by atoms with Crippen LogP contribution in [-0.2, 0) is 4.74 Å². The smallest absolute Gasteiger partial charge is 0.343 e. The Morgan fingerprint density at radius 1 is 1.14 bits per heavy atom. The second-order valence-corrected chi connectivity index (χ2v) is 7.01. The van der Waals surface area contributed by atoms with Crippen LogP contribution in [0.3, 0.4) is 0 Å². The maximum Gasteiger partial charge on any atom is 0.343 e. The summed E-state index contributed by atoms with van der Waals surface area (Å²) in [4.78, 5) is 32.6. The molecule has 0 saturated carbocycles. The highest BCUT2D eigenvalue weighted by Gasteiger charge is 2.17. The number of methoxy groups -OCH3 is 1. The number of amides is 1. The van der Waals surface area contributed by atoms with Gasteiger partial charge >= 0.3 is 5.97 Å². The number of aromatic nitrogens is 2. The van der Waals surface area contributed by atoms with Crippen LogP contribution in [0.1, 0.15) is 34.6 Å². The zero-order chi connectivity index (χ0) is 20.8. The van der Waals surface area contributed by atoms with Gasteiger partial charge in [-0.1, -0.05) is 0 Å². The molecular weight excluding hydrogens is 394 g/mol. The summed E-state index contributed by atoms with van der Waals surface area (Å²) in [6, 6.07) is 6.35. The van der Waals surface area contributed by atoms with Crippen molar-refractivity contribution in [3.8, 4) is 17.2 Å². The quantitative estimate of drug-likeness (QED) is 0.581. The average Bonchev–Trinajstić information content (AvgIpc) is 3.20. The van der Waals surface area contributed by atoms with Crippen LogP contribution in [0, 0.1) is 0 Å². The second kappa shape index (κ2) is 9.16. The number of hydrogen-bond acceptors (Lipinski definition) is 8. The largest absolute Gasteiger partial charge is 0.491 e. The lowest BCUT2D eigenvalue weighted by Crippen LogP contribution is -2.13. The molecule has 3 rings (SSSR count). The summed E-state index contributed by atoms with van der Waals surface area (Å²) in [6.45, 7) is 3.75. The van der Waals surface area contributed by atoms with Gasteiger partial charge in [0.25, 0.3) is 5.91 Å². The molecule has 1 aromatic carbocycles. The third-order valence-electron chi connectivity index (χ3n) is 3.58. The van der Waals surface area contributed by atoms with Gasteiger partial charge in [-0.05, 0) is 26.0 Å². The fraction of sp³-hybridized carbons (Fsp3) is 0.200. The lowest BCUT2D eigenvalue weighted by atomic mass is 10.2. The molecule has 2 heterocycles. The summed E-state index contributed by atoms with van der Waals surface area (Å²) in [7, 11) is 1.28. The topological polar surface area (TPSA) is 99.6 Å². The summed E-state index contributed by atoms with van der Waals surface area (Å²) in [5.41, 5.74) is 0.487. The molecule has 0 unspecified atom stereocenters. The minimum atomic E-state index is -0.579. The number of thiazole rings is 1. The second-order valence-electron chi connectivity index (χ2n) is 6.12. The molecule has 0 saturated heterocycles. The molecule has 3 aromatic rings. The molecule has 2 aromatic heterocycles. The summed E-state index contributed by atoms with van der Waals surface area (Å²) < 4.78 is 16.4. The molecule has 1 amide bonds. The number of rotatable bonds is 7. The zero-order valence-electron chi connectivity index (χ0n) is 16.0. The molecule has 150 valence electrons. The number of benzene rings is 1. The van der Waals surface area contributed by atoms with E-state index in [-0.39, 0.29) is 23.3 Å². The highest BCUT2D eigenvalue weighted by molar-refractivity contribution is 7.13. The van der Waals surface area contributed by atoms with E-state index in [0.29, 0.717) is 22.2 Å². The van der Waals surface area contributed by atoms with E-state index in [9.17, 15) is 9.59 Å². The molecule has 0 fully saturated rings. The van der Waals surface area contributed by atoms with Crippen LogP contribution in [0.15, 0.2) is 48.2 Å². The summed E-state index contributed by atoms with van der Waals surface area (Å²) in [6.07, 6.45) is 4.34. The van der Waals surface area contributed by atoms with E-state index >= 15 is 0 Å². The lowest BCUT2D eigenvalue weighted by molar-refractivity contribution is 0.0597. The van der Waals surface area contributed by atoms with Crippen LogP contribution in [-0.4, -0.2) is 35.1 Å². The van der Waals surface area contributed by atoms with E-state index in [4.69, 9.17) is 14.2 Å². The van der Waals surface area contributed by atoms with Crippen LogP contribution in [0.4, 0.5) is 5.13 Å². The van der Waals surface area contributed by atoms with E-state index in [1.165, 1.54) is 36.9 Å². The van der Waals surface area contributed by atoms with Gasteiger partial charge in [0.2, 0.25) is 0 Å². The molecule has 29 heavy (non-hydrogen) atoms. The van der Waals surface area contributed by atoms with Gasteiger partial charge < -0.3 is 14.2 Å². The van der Waals surface area contributed by atoms with Crippen LogP contribution in [0.25, 0.3) is 0 Å². The summed E-state index contributed by atoms with van der Waals surface area (Å²) in [5, 5.41) is 4.97. The van der Waals surface area contributed by atoms with E-state index in [1.807, 2.05) is 13.8 Å². The van der Waals surface area contributed by atoms with E-state index < -0.39 is 5.97 Å². The average molecular weight is 413 g/mol. The van der Waals surface area contributed by atoms with Crippen molar-refractivity contribution in [3.05, 3.63) is 59.4 Å². The van der Waals surface area contributed by atoms with Gasteiger partial charge in [-0.2, -0.15) is 0 Å². The van der Waals surface area contributed by atoms with E-state index in [1.54, 1.807) is 29.8 Å². The Morgan fingerprint density at radius 3 is 2.62 bits per heavy atom. The third kappa shape index (κ3) is 5.29. The van der Waals surface area contributed by atoms with Gasteiger partial charge in [0.1, 0.15) is 22.8 Å². The van der Waals surface area contributed by atoms with Gasteiger partial charge in [-0.25, -0.2) is 9.78 Å². The monoisotopic (exact) mass is 413 g/mol. The van der Waals surface area contributed by atoms with Gasteiger partial charge in [0.15, 0.2) is 5.13 Å². The zero-order valence-corrected chi connectivity index (χ0v) is 16.9. The van der Waals surface area contributed by atoms with Crippen LogP contribution >= 0.6 is 11.3 Å². The number of esters is 1. The molecule has 0 radical (unpaired) electrons. The minimum Gasteiger partial charge on any atom is -0.491 e. The Bertz CT molecular complexity index is 1010. The fourth-order valence-electron chi connectivity index (χ4n) is 2.42. The van der Waals surface area contributed by atoms with Crippen molar-refractivity contribution in [1.82, 2.24) is 9.97 Å². The van der Waals surface area contributed by atoms with Gasteiger partial charge in [-0.15, -0.1) is 11.3 Å². The molecular formula is C20H19N3O5S. The van der Waals surface area contributed by atoms with Crippen molar-refractivity contribution in [3.63, 3.8) is 0 Å². The third-order valence-corrected chi connectivity index (χ3v) is 4.27. The molecule has 0 bridgehead atoms. The highest BCUT2D eigenvalue weighted by Crippen LogP contribution is 2.30. The van der Waals surface area contributed by atoms with Crippen molar-refractivity contribution >= 4 is 28.3 Å². The standard InChI is InChI=1S/C20H19N3O5S/c1-12(2)27-14-8-13(18(24)23-20-22-6-7-29-20)9-15(10-14)28-17-4-5-21-11-16(17)19(25)26-3/h4-12H,1-3H3,(H,22,23,24). The molecule has 0 aliphatic rings. The van der Waals surface area contributed by atoms with Gasteiger partial charge in [-0.3, -0.25) is 15.1 Å². The number of hydrogen-bond donors (Lipinski definition) is 1. The van der Waals surface area contributed by atoms with Gasteiger partial charge in [0.05, 0.1) is 13.2 Å². The number of ether oxygens (including phenoxy) is 3. The summed E-state index contributed by atoms with van der Waals surface area (Å²) in [5.74, 6) is 0.0884. The van der Waals surface area contributed by atoms with Crippen molar-refractivity contribution < 1.29 is 23.8 Å². The van der Waals surface area contributed by atoms with Crippen LogP contribution < -0.4 is 14.8 Å². The van der Waals surface area contributed by atoms with Crippen molar-refractivity contribution in [1.29, 1.82) is 0 Å². The Labute approximate surface area is 171 Å². The first-order valence-electron chi connectivity index (χ1n) is 8.69. The van der Waals surface area contributed by atoms with Crippen LogP contribution in [0.2, 0.25) is 0 Å². The van der Waals surface area contributed by atoms with Crippen molar-refractivity contribution in [2.45, 2.75) is 20.0 Å². The van der Waals surface area contributed by atoms with Crippen molar-refractivity contribution in [2.75, 3.05) is 12.4 Å². The number of pyridine rings is 1. The molecule has 0 aliphatic heterocycles. The summed E-state index contributed by atoms with van der Waals surface area (Å²) >= 11 is 1.31. The minimum absolute atomic E-state index is 0.105. The van der Waals surface area contributed by atoms with E-state index in [2.05, 4.69) is 15.3 Å². The Hall–Kier alpha value is -3.46. The number of anilines is 1. The van der Waals surface area contributed by atoms with Crippen LogP contribution in [0.5, 0.6) is 17.2 Å². The predicted molar refractivity (Wildman–Crippen MR) is 108 cm³/mol. The Balaban J connectivity index is 1.94. The van der Waals surface area contributed by atoms with Crippen molar-refractivity contribution in [2.24, 2.45) is 0 Å². The lowest BCUT2D eigenvalue weighted by Gasteiger charge is -2.15. The normalized spacial score (nSPS) is 10.5. The molecule has 0 atom stereocenters. The number of nitrogens with one attached hydrogen (secondary N) is 1. The number of carbonyl (C=O) groups is 2. The number of nitrogens with zero attached hydrogens (tertiary/aromatic N) is 2. The molecule has 0 spiro atoms. The molecule has 1 N–H and O–H groups in total. The SMILES string of the molecule is COC(=O)c1cnccc1Oc1cc(OC(C)C)cc(C(=O)Nc2nccs2)c1. The molecule has 0 aliphatic carbocycles. The number of carbonyl (C=O) groups excluding carboxylic acids is 2. The predicted octanol–water partition coefficient (Wildman–Crippen LogP) is 4.16. The van der Waals surface area contributed by atoms with Gasteiger partial charge in [0, 0.05) is 41.7 Å². The first-order valence-corrected chi connectivity index (χ1v) is 9.57. The fourth-order valence-corrected chi connectivity index (χ4v) is 2.94. The first-order chi connectivity index (χ1) is 14.0. The molecule has 8 nitrogen and oxygen atoms in total. The maximum absolute atomic E-state index is 12.6. The molecule has 9 heteroatoms.